The zero-order valence-corrected chi connectivity index (χ0v) is 30.7. The molecule has 2 aromatic carbocycles. The summed E-state index contributed by atoms with van der Waals surface area (Å²) in [5.41, 5.74) is 7.65. The van der Waals surface area contributed by atoms with E-state index in [4.69, 9.17) is 0 Å². The first-order valence-electron chi connectivity index (χ1n) is 18.4. The average molecular weight is 701 g/mol. The molecule has 0 amide bonds. The van der Waals surface area contributed by atoms with Gasteiger partial charge >= 0.3 is 0 Å². The van der Waals surface area contributed by atoms with Gasteiger partial charge in [-0.3, -0.25) is 9.97 Å². The Labute approximate surface area is 296 Å². The molecule has 47 heavy (non-hydrogen) atoms. The Kier molecular flexibility index (Phi) is 9.42. The van der Waals surface area contributed by atoms with Gasteiger partial charge in [-0.1, -0.05) is 20.1 Å². The number of hydrogen-bond donors (Lipinski definition) is 0. The van der Waals surface area contributed by atoms with Crippen LogP contribution in [0.3, 0.4) is 0 Å². The summed E-state index contributed by atoms with van der Waals surface area (Å²) in [7, 11) is 3.25. The minimum Gasteiger partial charge on any atom is -0.748 e. The normalized spacial score (nSPS) is 35.2. The van der Waals surface area contributed by atoms with Crippen LogP contribution < -0.4 is 0 Å². The van der Waals surface area contributed by atoms with Crippen LogP contribution in [0.4, 0.5) is 0 Å². The van der Waals surface area contributed by atoms with Crippen molar-refractivity contribution in [1.82, 2.24) is 9.97 Å². The van der Waals surface area contributed by atoms with E-state index in [-0.39, 0.29) is 30.1 Å². The van der Waals surface area contributed by atoms with E-state index in [1.165, 1.54) is 22.9 Å². The van der Waals surface area contributed by atoms with Crippen molar-refractivity contribution >= 4 is 17.2 Å². The molecular formula is C42H50FeN2P2-6. The van der Waals surface area contributed by atoms with E-state index in [0.29, 0.717) is 0 Å². The fourth-order valence-corrected chi connectivity index (χ4v) is 17.7. The maximum atomic E-state index is 4.59. The first kappa shape index (κ1) is 32.6. The number of pyridine rings is 2. The summed E-state index contributed by atoms with van der Waals surface area (Å²) in [4.78, 5) is 9.19. The summed E-state index contributed by atoms with van der Waals surface area (Å²) in [6, 6.07) is 26.0. The summed E-state index contributed by atoms with van der Waals surface area (Å²) >= 11 is 0. The Hall–Kier alpha value is -1.62. The monoisotopic (exact) mass is 700 g/mol. The molecule has 0 N–H and O–H groups in total. The fourth-order valence-electron chi connectivity index (χ4n) is 12.5. The summed E-state index contributed by atoms with van der Waals surface area (Å²) in [5, 5.41) is -0.323. The van der Waals surface area contributed by atoms with Gasteiger partial charge in [0, 0.05) is 47.0 Å². The summed E-state index contributed by atoms with van der Waals surface area (Å²) in [5.74, 6) is 8.39. The van der Waals surface area contributed by atoms with Gasteiger partial charge in [-0.2, -0.15) is 11.6 Å². The average Bonchev–Trinajstić information content (AvgIpc) is 3.81. The Morgan fingerprint density at radius 3 is 1.45 bits per heavy atom. The summed E-state index contributed by atoms with van der Waals surface area (Å²) in [6.45, 7) is 0. The molecule has 0 saturated heterocycles. The van der Waals surface area contributed by atoms with Gasteiger partial charge in [-0.25, -0.2) is 12.1 Å². The zero-order chi connectivity index (χ0) is 30.7. The molecule has 2 heterocycles. The number of aromatic nitrogens is 2. The molecule has 5 heteroatoms. The molecule has 2 nitrogen and oxygen atoms in total. The van der Waals surface area contributed by atoms with Gasteiger partial charge in [0.2, 0.25) is 0 Å². The molecule has 8 fully saturated rings. The second kappa shape index (κ2) is 13.6. The Bertz CT molecular complexity index is 1430. The van der Waals surface area contributed by atoms with Crippen molar-refractivity contribution < 1.29 is 17.1 Å². The van der Waals surface area contributed by atoms with Gasteiger partial charge in [0.25, 0.3) is 0 Å². The smallest absolute Gasteiger partial charge is 0.0305 e. The maximum absolute atomic E-state index is 4.59. The third-order valence-electron chi connectivity index (χ3n) is 13.6. The van der Waals surface area contributed by atoms with E-state index in [1.807, 2.05) is 42.7 Å². The first-order valence-corrected chi connectivity index (χ1v) is 20.6. The standard InChI is InChI=1S/C37H45N2P2.C5H5.Fe/c40-37(32-5-2-8-38-20-32,33-6-3-9-39-21-33)34-7-1-4-27(34)22-41(35-28-12-23-10-24(14-28)15-29(35)13-23)36-30-16-25-11-26(18-30)19-31(36)17-25;1-2-4-5-3-1;/h1-9,20-21,23-26,28-31,35-36H,10-19,22,40H2;1-5H;/q-1;-5;. The van der Waals surface area contributed by atoms with Gasteiger partial charge in [0.05, 0.1) is 0 Å². The van der Waals surface area contributed by atoms with Crippen LogP contribution in [0.1, 0.15) is 86.5 Å². The van der Waals surface area contributed by atoms with Crippen molar-refractivity contribution in [2.45, 2.75) is 86.8 Å². The molecule has 1 atom stereocenters. The quantitative estimate of drug-likeness (QED) is 0.109. The molecule has 8 bridgehead atoms. The largest absolute Gasteiger partial charge is 0.748 e. The minimum atomic E-state index is -0.323. The molecule has 0 radical (unpaired) electrons. The second-order valence-corrected chi connectivity index (χ2v) is 19.6. The van der Waals surface area contributed by atoms with Gasteiger partial charge < -0.3 is 30.3 Å². The molecule has 0 aliphatic heterocycles. The van der Waals surface area contributed by atoms with E-state index in [0.717, 1.165) is 58.7 Å². The van der Waals surface area contributed by atoms with E-state index in [1.54, 1.807) is 69.8 Å². The van der Waals surface area contributed by atoms with Crippen molar-refractivity contribution in [2.75, 3.05) is 0 Å². The van der Waals surface area contributed by atoms with E-state index < -0.39 is 0 Å². The van der Waals surface area contributed by atoms with Crippen LogP contribution in [0, 0.1) is 47.3 Å². The van der Waals surface area contributed by atoms with Crippen molar-refractivity contribution in [3.05, 3.63) is 120 Å². The predicted molar refractivity (Wildman–Crippen MR) is 194 cm³/mol. The number of rotatable bonds is 7. The molecule has 12 rings (SSSR count). The van der Waals surface area contributed by atoms with Gasteiger partial charge in [-0.15, -0.1) is 14.8 Å². The van der Waals surface area contributed by atoms with Crippen LogP contribution in [0.25, 0.3) is 0 Å². The van der Waals surface area contributed by atoms with Crippen LogP contribution in [0.2, 0.25) is 0 Å². The second-order valence-electron chi connectivity index (χ2n) is 16.2. The molecule has 2 aromatic heterocycles. The molecule has 8 saturated carbocycles. The maximum Gasteiger partial charge on any atom is 0.0305 e. The molecule has 0 spiro atoms. The summed E-state index contributed by atoms with van der Waals surface area (Å²) in [6.07, 6.45) is 25.0. The number of hydrogen-bond acceptors (Lipinski definition) is 2. The predicted octanol–water partition coefficient (Wildman–Crippen LogP) is 10.4. The fraction of sp³-hybridized carbons (Fsp3) is 0.524. The Balaban J connectivity index is 0.000000497. The van der Waals surface area contributed by atoms with Crippen molar-refractivity contribution in [1.29, 1.82) is 0 Å². The molecular weight excluding hydrogens is 650 g/mol. The molecule has 252 valence electrons. The van der Waals surface area contributed by atoms with E-state index in [9.17, 15) is 0 Å². The van der Waals surface area contributed by atoms with E-state index in [2.05, 4.69) is 74.1 Å². The minimum absolute atomic E-state index is 0. The van der Waals surface area contributed by atoms with Gasteiger partial charge in [-0.05, 0) is 152 Å². The SMILES string of the molecule is PC(c1cccnc1)(c1cccnc1)[c-]1cccc1CP(C1C2CC3CC(C2)CC1C3)C1C2CC3CC(C2)CC1C3.[Fe].[cH-]1[cH-][cH-][cH-][cH-]1. The number of nitrogens with zero attached hydrogens (tertiary/aromatic N) is 2. The topological polar surface area (TPSA) is 25.8 Å². The Morgan fingerprint density at radius 1 is 0.638 bits per heavy atom. The van der Waals surface area contributed by atoms with Crippen LogP contribution in [0.5, 0.6) is 0 Å². The van der Waals surface area contributed by atoms with Crippen molar-refractivity contribution in [2.24, 2.45) is 47.3 Å². The van der Waals surface area contributed by atoms with Crippen LogP contribution in [-0.4, -0.2) is 21.3 Å². The first-order chi connectivity index (χ1) is 22.6. The molecule has 4 aromatic rings. The third-order valence-corrected chi connectivity index (χ3v) is 18.5. The van der Waals surface area contributed by atoms with Crippen LogP contribution in [0.15, 0.2) is 97.6 Å². The van der Waals surface area contributed by atoms with Crippen molar-refractivity contribution in [3.8, 4) is 0 Å². The van der Waals surface area contributed by atoms with E-state index >= 15 is 0 Å². The molecule has 1 unspecified atom stereocenters. The Morgan fingerprint density at radius 2 is 1.06 bits per heavy atom. The van der Waals surface area contributed by atoms with Crippen LogP contribution in [-0.2, 0) is 28.4 Å². The van der Waals surface area contributed by atoms with Crippen molar-refractivity contribution in [3.63, 3.8) is 0 Å². The molecule has 8 aliphatic carbocycles. The van der Waals surface area contributed by atoms with Crippen LogP contribution >= 0.6 is 17.2 Å². The van der Waals surface area contributed by atoms with Gasteiger partial charge in [0.15, 0.2) is 0 Å². The zero-order valence-electron chi connectivity index (χ0n) is 27.6. The third kappa shape index (κ3) is 5.99. The molecule has 8 aliphatic rings. The van der Waals surface area contributed by atoms with Gasteiger partial charge in [0.1, 0.15) is 0 Å². The summed E-state index contributed by atoms with van der Waals surface area (Å²) < 4.78 is 0.